The normalized spacial score (nSPS) is 9.93. The van der Waals surface area contributed by atoms with Gasteiger partial charge >= 0.3 is 0 Å². The maximum absolute atomic E-state index is 5.62. The minimum Gasteiger partial charge on any atom is -0.489 e. The summed E-state index contributed by atoms with van der Waals surface area (Å²) in [5.41, 5.74) is 2.18. The standard InChI is InChI=1S/C14H13O/c1-12-7-9-14(10-8-12)15-11-13-5-3-2-4-6-13/h2-10H,1,11H2. The van der Waals surface area contributed by atoms with Crippen LogP contribution >= 0.6 is 0 Å². The number of hydrogen-bond acceptors (Lipinski definition) is 1. The van der Waals surface area contributed by atoms with E-state index in [1.807, 2.05) is 42.5 Å². The van der Waals surface area contributed by atoms with Gasteiger partial charge in [0.1, 0.15) is 12.4 Å². The lowest BCUT2D eigenvalue weighted by Gasteiger charge is -2.05. The fourth-order valence-electron chi connectivity index (χ4n) is 1.33. The SMILES string of the molecule is [CH2]c1ccc(OCc2ccccc2)cc1. The van der Waals surface area contributed by atoms with Gasteiger partial charge in [-0.15, -0.1) is 0 Å². The second-order valence-electron chi connectivity index (χ2n) is 3.42. The predicted octanol–water partition coefficient (Wildman–Crippen LogP) is 3.45. The van der Waals surface area contributed by atoms with Crippen molar-refractivity contribution in [1.29, 1.82) is 0 Å². The van der Waals surface area contributed by atoms with E-state index in [2.05, 4.69) is 19.1 Å². The first-order chi connectivity index (χ1) is 7.34. The Morgan fingerprint density at radius 3 is 2.20 bits per heavy atom. The molecule has 75 valence electrons. The summed E-state index contributed by atoms with van der Waals surface area (Å²) in [7, 11) is 0. The Balaban J connectivity index is 1.96. The third kappa shape index (κ3) is 2.84. The van der Waals surface area contributed by atoms with Crippen LogP contribution in [0.4, 0.5) is 0 Å². The summed E-state index contributed by atoms with van der Waals surface area (Å²) in [5.74, 6) is 0.881. The molecule has 0 amide bonds. The van der Waals surface area contributed by atoms with Crippen molar-refractivity contribution < 1.29 is 4.74 Å². The van der Waals surface area contributed by atoms with Crippen molar-refractivity contribution in [2.45, 2.75) is 6.61 Å². The zero-order chi connectivity index (χ0) is 10.5. The van der Waals surface area contributed by atoms with Gasteiger partial charge in [-0.05, 0) is 30.2 Å². The van der Waals surface area contributed by atoms with Gasteiger partial charge in [0.2, 0.25) is 0 Å². The monoisotopic (exact) mass is 197 g/mol. The third-order valence-electron chi connectivity index (χ3n) is 2.17. The van der Waals surface area contributed by atoms with Gasteiger partial charge in [-0.25, -0.2) is 0 Å². The first-order valence-electron chi connectivity index (χ1n) is 4.93. The predicted molar refractivity (Wildman–Crippen MR) is 61.7 cm³/mol. The van der Waals surface area contributed by atoms with Gasteiger partial charge in [0.25, 0.3) is 0 Å². The molecule has 0 aliphatic rings. The van der Waals surface area contributed by atoms with E-state index in [0.29, 0.717) is 6.61 Å². The summed E-state index contributed by atoms with van der Waals surface area (Å²) in [4.78, 5) is 0. The molecular weight excluding hydrogens is 184 g/mol. The van der Waals surface area contributed by atoms with Crippen LogP contribution in [-0.2, 0) is 6.61 Å². The Labute approximate surface area is 90.3 Å². The molecule has 15 heavy (non-hydrogen) atoms. The molecule has 0 fully saturated rings. The van der Waals surface area contributed by atoms with Crippen molar-refractivity contribution in [3.63, 3.8) is 0 Å². The molecule has 0 N–H and O–H groups in total. The molecule has 2 rings (SSSR count). The third-order valence-corrected chi connectivity index (χ3v) is 2.17. The summed E-state index contributed by atoms with van der Waals surface area (Å²) in [5, 5.41) is 0. The zero-order valence-electron chi connectivity index (χ0n) is 8.52. The Bertz CT molecular complexity index is 403. The maximum atomic E-state index is 5.62. The van der Waals surface area contributed by atoms with E-state index in [-0.39, 0.29) is 0 Å². The van der Waals surface area contributed by atoms with Crippen molar-refractivity contribution in [3.8, 4) is 5.75 Å². The van der Waals surface area contributed by atoms with E-state index >= 15 is 0 Å². The van der Waals surface area contributed by atoms with Gasteiger partial charge < -0.3 is 4.74 Å². The van der Waals surface area contributed by atoms with Crippen LogP contribution in [0, 0.1) is 6.92 Å². The summed E-state index contributed by atoms with van der Waals surface area (Å²) in [6.07, 6.45) is 0. The largest absolute Gasteiger partial charge is 0.489 e. The minimum absolute atomic E-state index is 0.608. The molecule has 0 bridgehead atoms. The summed E-state index contributed by atoms with van der Waals surface area (Å²) < 4.78 is 5.62. The molecule has 1 radical (unpaired) electrons. The molecule has 0 heterocycles. The van der Waals surface area contributed by atoms with Gasteiger partial charge in [-0.3, -0.25) is 0 Å². The highest BCUT2D eigenvalue weighted by molar-refractivity contribution is 5.28. The molecule has 0 aliphatic carbocycles. The fraction of sp³-hybridized carbons (Fsp3) is 0.0714. The van der Waals surface area contributed by atoms with Gasteiger partial charge in [0.15, 0.2) is 0 Å². The van der Waals surface area contributed by atoms with E-state index in [9.17, 15) is 0 Å². The average molecular weight is 197 g/mol. The quantitative estimate of drug-likeness (QED) is 0.732. The van der Waals surface area contributed by atoms with Crippen LogP contribution in [-0.4, -0.2) is 0 Å². The van der Waals surface area contributed by atoms with Crippen molar-refractivity contribution in [1.82, 2.24) is 0 Å². The molecule has 0 atom stereocenters. The van der Waals surface area contributed by atoms with E-state index in [1.165, 1.54) is 5.56 Å². The van der Waals surface area contributed by atoms with Crippen LogP contribution in [0.3, 0.4) is 0 Å². The molecule has 1 heteroatoms. The molecule has 0 aliphatic heterocycles. The zero-order valence-corrected chi connectivity index (χ0v) is 8.52. The number of ether oxygens (including phenoxy) is 1. The second kappa shape index (κ2) is 4.65. The van der Waals surface area contributed by atoms with Crippen molar-refractivity contribution >= 4 is 0 Å². The van der Waals surface area contributed by atoms with Crippen LogP contribution in [0.5, 0.6) is 5.75 Å². The van der Waals surface area contributed by atoms with Gasteiger partial charge in [0.05, 0.1) is 0 Å². The average Bonchev–Trinajstić information content (AvgIpc) is 2.30. The number of rotatable bonds is 3. The molecule has 2 aromatic carbocycles. The minimum atomic E-state index is 0.608. The number of hydrogen-bond donors (Lipinski definition) is 0. The lowest BCUT2D eigenvalue weighted by atomic mass is 10.2. The van der Waals surface area contributed by atoms with Crippen molar-refractivity contribution in [2.75, 3.05) is 0 Å². The Morgan fingerprint density at radius 2 is 1.53 bits per heavy atom. The van der Waals surface area contributed by atoms with Crippen LogP contribution in [0.25, 0.3) is 0 Å². The first-order valence-corrected chi connectivity index (χ1v) is 4.93. The molecule has 0 unspecified atom stereocenters. The molecule has 0 aromatic heterocycles. The Kier molecular flexibility index (Phi) is 3.03. The lowest BCUT2D eigenvalue weighted by molar-refractivity contribution is 0.306. The molecule has 0 saturated carbocycles. The van der Waals surface area contributed by atoms with Crippen LogP contribution in [0.1, 0.15) is 11.1 Å². The van der Waals surface area contributed by atoms with E-state index in [0.717, 1.165) is 11.3 Å². The van der Waals surface area contributed by atoms with E-state index < -0.39 is 0 Å². The molecule has 1 nitrogen and oxygen atoms in total. The highest BCUT2D eigenvalue weighted by Crippen LogP contribution is 2.13. The van der Waals surface area contributed by atoms with Gasteiger partial charge in [0, 0.05) is 0 Å². The lowest BCUT2D eigenvalue weighted by Crippen LogP contribution is -1.94. The fourth-order valence-corrected chi connectivity index (χ4v) is 1.33. The van der Waals surface area contributed by atoms with Gasteiger partial charge in [-0.1, -0.05) is 42.5 Å². The molecular formula is C14H13O. The van der Waals surface area contributed by atoms with E-state index in [4.69, 9.17) is 4.74 Å². The van der Waals surface area contributed by atoms with Gasteiger partial charge in [-0.2, -0.15) is 0 Å². The topological polar surface area (TPSA) is 9.23 Å². The van der Waals surface area contributed by atoms with Crippen LogP contribution in [0.15, 0.2) is 54.6 Å². The Morgan fingerprint density at radius 1 is 0.867 bits per heavy atom. The van der Waals surface area contributed by atoms with Crippen molar-refractivity contribution in [3.05, 3.63) is 72.6 Å². The summed E-state index contributed by atoms with van der Waals surface area (Å²) >= 11 is 0. The van der Waals surface area contributed by atoms with E-state index in [1.54, 1.807) is 0 Å². The Hall–Kier alpha value is -1.76. The smallest absolute Gasteiger partial charge is 0.119 e. The molecule has 2 aromatic rings. The number of benzene rings is 2. The molecule has 0 spiro atoms. The maximum Gasteiger partial charge on any atom is 0.119 e. The first kappa shape index (κ1) is 9.78. The van der Waals surface area contributed by atoms with Crippen LogP contribution < -0.4 is 4.74 Å². The molecule has 0 saturated heterocycles. The summed E-state index contributed by atoms with van der Waals surface area (Å²) in [6.45, 7) is 4.43. The highest BCUT2D eigenvalue weighted by Gasteiger charge is 1.94. The second-order valence-corrected chi connectivity index (χ2v) is 3.42. The van der Waals surface area contributed by atoms with Crippen LogP contribution in [0.2, 0.25) is 0 Å². The highest BCUT2D eigenvalue weighted by atomic mass is 16.5. The summed E-state index contributed by atoms with van der Waals surface area (Å²) in [6, 6.07) is 17.9. The van der Waals surface area contributed by atoms with Crippen molar-refractivity contribution in [2.24, 2.45) is 0 Å².